The number of halogens is 2. The molecule has 1 unspecified atom stereocenters. The number of hydrogen-bond donors (Lipinski definition) is 1. The van der Waals surface area contributed by atoms with E-state index in [1.54, 1.807) is 15.9 Å². The topological polar surface area (TPSA) is 66.6 Å². The van der Waals surface area contributed by atoms with E-state index in [2.05, 4.69) is 0 Å². The molecule has 1 aliphatic rings. The minimum Gasteiger partial charge on any atom is -0.339 e. The van der Waals surface area contributed by atoms with Crippen molar-refractivity contribution < 1.29 is 14.0 Å². The summed E-state index contributed by atoms with van der Waals surface area (Å²) < 4.78 is 13.3. The molecule has 2 amide bonds. The molecule has 1 heterocycles. The highest BCUT2D eigenvalue weighted by molar-refractivity contribution is 5.94. The Hall–Kier alpha value is -2.44. The van der Waals surface area contributed by atoms with Crippen molar-refractivity contribution in [2.24, 2.45) is 5.73 Å². The molecule has 2 N–H and O–H groups in total. The fourth-order valence-corrected chi connectivity index (χ4v) is 3.10. The molecule has 1 saturated heterocycles. The van der Waals surface area contributed by atoms with Gasteiger partial charge in [0, 0.05) is 44.2 Å². The highest BCUT2D eigenvalue weighted by Crippen LogP contribution is 2.16. The largest absolute Gasteiger partial charge is 0.339 e. The summed E-state index contributed by atoms with van der Waals surface area (Å²) in [5, 5.41) is 0. The molecule has 0 aromatic heterocycles. The fraction of sp³-hybridized carbons (Fsp3) is 0.300. The molecule has 144 valence electrons. The van der Waals surface area contributed by atoms with Crippen molar-refractivity contribution >= 4 is 24.2 Å². The molecule has 3 rings (SSSR count). The number of amides is 2. The van der Waals surface area contributed by atoms with Gasteiger partial charge in [0.25, 0.3) is 5.91 Å². The van der Waals surface area contributed by atoms with Crippen molar-refractivity contribution in [2.75, 3.05) is 26.2 Å². The van der Waals surface area contributed by atoms with Gasteiger partial charge in [-0.1, -0.05) is 36.4 Å². The molecule has 7 heteroatoms. The lowest BCUT2D eigenvalue weighted by atomic mass is 10.0. The highest BCUT2D eigenvalue weighted by Gasteiger charge is 2.26. The summed E-state index contributed by atoms with van der Waals surface area (Å²) in [5.74, 6) is -0.656. The van der Waals surface area contributed by atoms with Gasteiger partial charge in [-0.25, -0.2) is 4.39 Å². The Morgan fingerprint density at radius 1 is 0.963 bits per heavy atom. The van der Waals surface area contributed by atoms with Crippen LogP contribution in [0.2, 0.25) is 0 Å². The Bertz CT molecular complexity index is 780. The van der Waals surface area contributed by atoms with E-state index in [1.165, 1.54) is 18.2 Å². The first-order chi connectivity index (χ1) is 12.5. The molecular formula is C20H23ClFN3O2. The third-order valence-electron chi connectivity index (χ3n) is 4.61. The van der Waals surface area contributed by atoms with Crippen molar-refractivity contribution in [3.05, 3.63) is 71.5 Å². The van der Waals surface area contributed by atoms with Crippen molar-refractivity contribution in [3.8, 4) is 0 Å². The highest BCUT2D eigenvalue weighted by atomic mass is 35.5. The summed E-state index contributed by atoms with van der Waals surface area (Å²) in [6.07, 6.45) is 0.238. The number of rotatable bonds is 4. The van der Waals surface area contributed by atoms with E-state index in [1.807, 2.05) is 30.3 Å². The quantitative estimate of drug-likeness (QED) is 0.871. The second kappa shape index (κ2) is 9.48. The summed E-state index contributed by atoms with van der Waals surface area (Å²) >= 11 is 0. The van der Waals surface area contributed by atoms with Gasteiger partial charge in [0.05, 0.1) is 0 Å². The van der Waals surface area contributed by atoms with E-state index < -0.39 is 5.82 Å². The predicted molar refractivity (Wildman–Crippen MR) is 104 cm³/mol. The van der Waals surface area contributed by atoms with Gasteiger partial charge in [0.2, 0.25) is 5.91 Å². The van der Waals surface area contributed by atoms with E-state index in [0.717, 1.165) is 5.56 Å². The molecule has 27 heavy (non-hydrogen) atoms. The fourth-order valence-electron chi connectivity index (χ4n) is 3.10. The SMILES string of the molecule is Cl.NC(CC(=O)N1CCN(C(=O)c2cccc(F)c2)CC1)c1ccccc1. The van der Waals surface area contributed by atoms with Gasteiger partial charge in [0.15, 0.2) is 0 Å². The lowest BCUT2D eigenvalue weighted by Crippen LogP contribution is -2.51. The van der Waals surface area contributed by atoms with Crippen molar-refractivity contribution in [1.29, 1.82) is 0 Å². The van der Waals surface area contributed by atoms with E-state index >= 15 is 0 Å². The maximum Gasteiger partial charge on any atom is 0.254 e. The molecule has 5 nitrogen and oxygen atoms in total. The zero-order valence-corrected chi connectivity index (χ0v) is 15.7. The second-order valence-corrected chi connectivity index (χ2v) is 6.40. The summed E-state index contributed by atoms with van der Waals surface area (Å²) in [4.78, 5) is 28.3. The Kier molecular flexibility index (Phi) is 7.33. The van der Waals surface area contributed by atoms with Crippen molar-refractivity contribution in [2.45, 2.75) is 12.5 Å². The van der Waals surface area contributed by atoms with Gasteiger partial charge in [-0.2, -0.15) is 0 Å². The van der Waals surface area contributed by atoms with Crippen LogP contribution in [0.1, 0.15) is 28.4 Å². The molecule has 0 bridgehead atoms. The third kappa shape index (κ3) is 5.28. The number of carbonyl (C=O) groups excluding carboxylic acids is 2. The summed E-state index contributed by atoms with van der Waals surface area (Å²) in [7, 11) is 0. The number of benzene rings is 2. The molecule has 0 spiro atoms. The van der Waals surface area contributed by atoms with E-state index in [0.29, 0.717) is 31.7 Å². The molecule has 1 atom stereocenters. The van der Waals surface area contributed by atoms with Crippen LogP contribution in [0.25, 0.3) is 0 Å². The van der Waals surface area contributed by atoms with Gasteiger partial charge in [-0.05, 0) is 23.8 Å². The number of piperazine rings is 1. The maximum absolute atomic E-state index is 13.3. The smallest absolute Gasteiger partial charge is 0.254 e. The average molecular weight is 392 g/mol. The molecule has 1 aliphatic heterocycles. The molecule has 0 saturated carbocycles. The van der Waals surface area contributed by atoms with Crippen LogP contribution in [0.4, 0.5) is 4.39 Å². The van der Waals surface area contributed by atoms with Crippen LogP contribution in [-0.4, -0.2) is 47.8 Å². The van der Waals surface area contributed by atoms with Gasteiger partial charge < -0.3 is 15.5 Å². The Labute approximate surface area is 164 Å². The van der Waals surface area contributed by atoms with Crippen LogP contribution in [0.3, 0.4) is 0 Å². The standard InChI is InChI=1S/C20H22FN3O2.ClH/c21-17-8-4-7-16(13-17)20(26)24-11-9-23(10-12-24)19(25)14-18(22)15-5-2-1-3-6-15;/h1-8,13,18H,9-12,14,22H2;1H. The number of carbonyl (C=O) groups is 2. The van der Waals surface area contributed by atoms with Gasteiger partial charge in [0.1, 0.15) is 5.82 Å². The first-order valence-corrected chi connectivity index (χ1v) is 8.68. The number of hydrogen-bond acceptors (Lipinski definition) is 3. The molecule has 0 radical (unpaired) electrons. The summed E-state index contributed by atoms with van der Waals surface area (Å²) in [6, 6.07) is 14.9. The minimum atomic E-state index is -0.431. The summed E-state index contributed by atoms with van der Waals surface area (Å²) in [6.45, 7) is 1.78. The van der Waals surface area contributed by atoms with Crippen molar-refractivity contribution in [1.82, 2.24) is 9.80 Å². The first-order valence-electron chi connectivity index (χ1n) is 8.68. The lowest BCUT2D eigenvalue weighted by Gasteiger charge is -2.35. The molecular weight excluding hydrogens is 369 g/mol. The predicted octanol–water partition coefficient (Wildman–Crippen LogP) is 2.62. The number of nitrogens with zero attached hydrogens (tertiary/aromatic N) is 2. The molecule has 2 aromatic rings. The van der Waals surface area contributed by atoms with E-state index in [9.17, 15) is 14.0 Å². The Morgan fingerprint density at radius 3 is 2.22 bits per heavy atom. The monoisotopic (exact) mass is 391 g/mol. The maximum atomic E-state index is 13.3. The number of nitrogens with two attached hydrogens (primary N) is 1. The first kappa shape index (κ1) is 20.9. The van der Waals surface area contributed by atoms with Crippen LogP contribution in [0, 0.1) is 5.82 Å². The van der Waals surface area contributed by atoms with Crippen LogP contribution < -0.4 is 5.73 Å². The molecule has 0 aliphatic carbocycles. The zero-order valence-electron chi connectivity index (χ0n) is 14.9. The van der Waals surface area contributed by atoms with Crippen LogP contribution in [0.15, 0.2) is 54.6 Å². The molecule has 1 fully saturated rings. The minimum absolute atomic E-state index is 0. The van der Waals surface area contributed by atoms with Crippen molar-refractivity contribution in [3.63, 3.8) is 0 Å². The third-order valence-corrected chi connectivity index (χ3v) is 4.61. The van der Waals surface area contributed by atoms with E-state index in [4.69, 9.17) is 5.73 Å². The average Bonchev–Trinajstić information content (AvgIpc) is 2.68. The molecule has 2 aromatic carbocycles. The zero-order chi connectivity index (χ0) is 18.5. The van der Waals surface area contributed by atoms with Crippen LogP contribution in [0.5, 0.6) is 0 Å². The van der Waals surface area contributed by atoms with Gasteiger partial charge in [-0.3, -0.25) is 9.59 Å². The van der Waals surface area contributed by atoms with E-state index in [-0.39, 0.29) is 36.7 Å². The Morgan fingerprint density at radius 2 is 1.59 bits per heavy atom. The van der Waals surface area contributed by atoms with Crippen LogP contribution >= 0.6 is 12.4 Å². The summed E-state index contributed by atoms with van der Waals surface area (Å²) in [5.41, 5.74) is 7.38. The second-order valence-electron chi connectivity index (χ2n) is 6.40. The normalized spacial score (nSPS) is 15.0. The van der Waals surface area contributed by atoms with Gasteiger partial charge >= 0.3 is 0 Å². The Balaban J connectivity index is 0.00000261. The van der Waals surface area contributed by atoms with Crippen LogP contribution in [-0.2, 0) is 4.79 Å². The lowest BCUT2D eigenvalue weighted by molar-refractivity contribution is -0.133. The van der Waals surface area contributed by atoms with Gasteiger partial charge in [-0.15, -0.1) is 12.4 Å².